The Hall–Kier alpha value is -2.09. The van der Waals surface area contributed by atoms with Gasteiger partial charge in [-0.1, -0.05) is 18.2 Å². The number of rotatable bonds is 8. The van der Waals surface area contributed by atoms with E-state index < -0.39 is 45.9 Å². The molecule has 0 saturated heterocycles. The topological polar surface area (TPSA) is 218 Å². The standard InChI is InChI=1S/C24H21N3O10S3.2Na/c1-14-8-19(25)22(36-2)13-20(14)26-27-21-11-17(38(28,29)30)9-15-10-18(39(31,32)33)12-23(24(15)21)37-40(34,35)16-6-4-3-5-7-16;;/h3-13H,25H2,1-2H3,(H,28,29,30)(H,31,32,33);;/q;2*+1/p-2. The van der Waals surface area contributed by atoms with Crippen LogP contribution in [-0.2, 0) is 30.4 Å². The molecule has 210 valence electrons. The molecule has 0 saturated carbocycles. The molecule has 0 heterocycles. The molecule has 0 aliphatic carbocycles. The van der Waals surface area contributed by atoms with E-state index in [9.17, 15) is 34.4 Å². The molecule has 0 aromatic heterocycles. The molecule has 0 spiro atoms. The summed E-state index contributed by atoms with van der Waals surface area (Å²) in [7, 11) is -13.6. The Balaban J connectivity index is 0.00000308. The fourth-order valence-electron chi connectivity index (χ4n) is 3.68. The van der Waals surface area contributed by atoms with Gasteiger partial charge in [-0.3, -0.25) is 0 Å². The molecule has 0 bridgehead atoms. The van der Waals surface area contributed by atoms with E-state index in [-0.39, 0.29) is 91.9 Å². The van der Waals surface area contributed by atoms with E-state index in [0.29, 0.717) is 17.3 Å². The van der Waals surface area contributed by atoms with Crippen molar-refractivity contribution in [3.8, 4) is 11.5 Å². The molecular formula is C24H19N3Na2O10S3. The number of hydrogen-bond donors (Lipinski definition) is 1. The second-order valence-electron chi connectivity index (χ2n) is 8.30. The number of methoxy groups -OCH3 is 1. The van der Waals surface area contributed by atoms with Gasteiger partial charge in [0.15, 0.2) is 5.75 Å². The van der Waals surface area contributed by atoms with E-state index in [2.05, 4.69) is 10.2 Å². The van der Waals surface area contributed by atoms with E-state index in [1.165, 1.54) is 43.5 Å². The number of nitrogen functional groups attached to an aromatic ring is 1. The maximum absolute atomic E-state index is 13.0. The minimum atomic E-state index is -5.20. The summed E-state index contributed by atoms with van der Waals surface area (Å²) in [5.41, 5.74) is 6.55. The zero-order valence-corrected chi connectivity index (χ0v) is 29.1. The average Bonchev–Trinajstić information content (AvgIpc) is 2.87. The summed E-state index contributed by atoms with van der Waals surface area (Å²) in [6, 6.07) is 12.8. The first kappa shape index (κ1) is 36.1. The molecular weight excluding hydrogens is 632 g/mol. The molecule has 0 aliphatic rings. The van der Waals surface area contributed by atoms with Crippen molar-refractivity contribution in [2.24, 2.45) is 10.2 Å². The zero-order chi connectivity index (χ0) is 29.5. The number of aryl methyl sites for hydroxylation is 1. The molecule has 4 rings (SSSR count). The molecule has 4 aromatic carbocycles. The Morgan fingerprint density at radius 1 is 0.714 bits per heavy atom. The summed E-state index contributed by atoms with van der Waals surface area (Å²) < 4.78 is 108. The fraction of sp³-hybridized carbons (Fsp3) is 0.0833. The Morgan fingerprint density at radius 3 is 1.81 bits per heavy atom. The number of nitrogens with two attached hydrogens (primary N) is 1. The first-order valence-electron chi connectivity index (χ1n) is 11.0. The van der Waals surface area contributed by atoms with Crippen LogP contribution in [0.3, 0.4) is 0 Å². The predicted molar refractivity (Wildman–Crippen MR) is 140 cm³/mol. The van der Waals surface area contributed by atoms with Gasteiger partial charge in [0.2, 0.25) is 0 Å². The van der Waals surface area contributed by atoms with Gasteiger partial charge < -0.3 is 23.8 Å². The van der Waals surface area contributed by atoms with Crippen molar-refractivity contribution in [3.63, 3.8) is 0 Å². The summed E-state index contributed by atoms with van der Waals surface area (Å²) in [5, 5.41) is 7.51. The van der Waals surface area contributed by atoms with Crippen LogP contribution >= 0.6 is 0 Å². The second-order valence-corrected chi connectivity index (χ2v) is 12.6. The largest absolute Gasteiger partial charge is 1.00 e. The van der Waals surface area contributed by atoms with Crippen LogP contribution in [0.15, 0.2) is 91.6 Å². The van der Waals surface area contributed by atoms with Crippen LogP contribution in [0.4, 0.5) is 17.1 Å². The number of nitrogens with zero attached hydrogens (tertiary/aromatic N) is 2. The van der Waals surface area contributed by atoms with Gasteiger partial charge in [0, 0.05) is 12.1 Å². The minimum Gasteiger partial charge on any atom is -0.744 e. The molecule has 18 heteroatoms. The summed E-state index contributed by atoms with van der Waals surface area (Å²) in [6.07, 6.45) is 0. The van der Waals surface area contributed by atoms with Crippen LogP contribution < -0.4 is 73.8 Å². The van der Waals surface area contributed by atoms with Gasteiger partial charge in [-0.2, -0.15) is 13.5 Å². The van der Waals surface area contributed by atoms with E-state index in [1.54, 1.807) is 13.0 Å². The van der Waals surface area contributed by atoms with Crippen molar-refractivity contribution in [2.45, 2.75) is 21.6 Å². The zero-order valence-electron chi connectivity index (χ0n) is 22.6. The van der Waals surface area contributed by atoms with Gasteiger partial charge in [-0.05, 0) is 54.3 Å². The van der Waals surface area contributed by atoms with Gasteiger partial charge in [-0.25, -0.2) is 16.8 Å². The molecule has 42 heavy (non-hydrogen) atoms. The molecule has 4 aromatic rings. The smallest absolute Gasteiger partial charge is 0.744 e. The molecule has 0 unspecified atom stereocenters. The van der Waals surface area contributed by atoms with Crippen molar-refractivity contribution < 1.29 is 102 Å². The van der Waals surface area contributed by atoms with Gasteiger partial charge in [0.25, 0.3) is 0 Å². The van der Waals surface area contributed by atoms with Crippen LogP contribution in [0.5, 0.6) is 11.5 Å². The van der Waals surface area contributed by atoms with Crippen molar-refractivity contribution in [3.05, 3.63) is 72.3 Å². The Bertz CT molecular complexity index is 2000. The molecule has 13 nitrogen and oxygen atoms in total. The molecule has 0 fully saturated rings. The number of fused-ring (bicyclic) bond motifs is 1. The third-order valence-electron chi connectivity index (χ3n) is 5.56. The summed E-state index contributed by atoms with van der Waals surface area (Å²) in [4.78, 5) is -2.09. The average molecular weight is 652 g/mol. The van der Waals surface area contributed by atoms with Crippen molar-refractivity contribution >= 4 is 58.2 Å². The number of anilines is 1. The van der Waals surface area contributed by atoms with Gasteiger partial charge >= 0.3 is 69.2 Å². The quantitative estimate of drug-likeness (QED) is 0.0705. The van der Waals surface area contributed by atoms with Crippen LogP contribution in [0.25, 0.3) is 10.8 Å². The Morgan fingerprint density at radius 2 is 1.26 bits per heavy atom. The Kier molecular flexibility index (Phi) is 11.8. The van der Waals surface area contributed by atoms with Crippen molar-refractivity contribution in [1.29, 1.82) is 0 Å². The normalized spacial score (nSPS) is 12.0. The van der Waals surface area contributed by atoms with Crippen LogP contribution in [0.2, 0.25) is 0 Å². The van der Waals surface area contributed by atoms with Gasteiger partial charge in [-0.15, -0.1) is 5.11 Å². The summed E-state index contributed by atoms with van der Waals surface area (Å²) in [5.74, 6) is -0.422. The number of hydrogen-bond acceptors (Lipinski definition) is 13. The van der Waals surface area contributed by atoms with E-state index in [1.807, 2.05) is 0 Å². The maximum Gasteiger partial charge on any atom is 1.00 e. The van der Waals surface area contributed by atoms with Gasteiger partial charge in [0.05, 0.1) is 39.3 Å². The van der Waals surface area contributed by atoms with Crippen LogP contribution in [0.1, 0.15) is 5.56 Å². The Labute approximate surface area is 286 Å². The predicted octanol–water partition coefficient (Wildman–Crippen LogP) is -2.26. The van der Waals surface area contributed by atoms with Crippen molar-refractivity contribution in [1.82, 2.24) is 0 Å². The number of benzene rings is 4. The molecule has 0 aliphatic heterocycles. The van der Waals surface area contributed by atoms with E-state index >= 15 is 0 Å². The third-order valence-corrected chi connectivity index (χ3v) is 8.44. The summed E-state index contributed by atoms with van der Waals surface area (Å²) in [6.45, 7) is 1.65. The molecule has 0 amide bonds. The second kappa shape index (κ2) is 13.7. The first-order valence-corrected chi connectivity index (χ1v) is 15.2. The van der Waals surface area contributed by atoms with E-state index in [0.717, 1.165) is 18.2 Å². The van der Waals surface area contributed by atoms with Crippen molar-refractivity contribution in [2.75, 3.05) is 12.8 Å². The van der Waals surface area contributed by atoms with Crippen LogP contribution in [-0.4, -0.2) is 41.5 Å². The summed E-state index contributed by atoms with van der Waals surface area (Å²) >= 11 is 0. The SMILES string of the molecule is COc1cc(N=Nc2cc(S(=O)(=O)[O-])cc3cc(S(=O)(=O)[O-])cc(OS(=O)(=O)c4ccccc4)c23)c(C)cc1N.[Na+].[Na+]. The van der Waals surface area contributed by atoms with Gasteiger partial charge in [0.1, 0.15) is 30.9 Å². The molecule has 0 radical (unpaired) electrons. The monoisotopic (exact) mass is 651 g/mol. The molecule has 0 atom stereocenters. The van der Waals surface area contributed by atoms with E-state index in [4.69, 9.17) is 14.7 Å². The fourth-order valence-corrected chi connectivity index (χ4v) is 5.68. The van der Waals surface area contributed by atoms with Crippen LogP contribution in [0, 0.1) is 6.92 Å². The minimum absolute atomic E-state index is 0. The molecule has 2 N–H and O–H groups in total. The number of azo groups is 1. The maximum atomic E-state index is 13.0. The first-order chi connectivity index (χ1) is 18.6. The third kappa shape index (κ3) is 8.09. The number of ether oxygens (including phenoxy) is 1.